The van der Waals surface area contributed by atoms with Crippen molar-refractivity contribution >= 4 is 50.8 Å². The van der Waals surface area contributed by atoms with Crippen LogP contribution in [0, 0.1) is 0 Å². The number of hydrogen-bond acceptors (Lipinski definition) is 5. The van der Waals surface area contributed by atoms with Gasteiger partial charge in [0.25, 0.3) is 0 Å². The van der Waals surface area contributed by atoms with E-state index in [0.29, 0.717) is 16.9 Å². The van der Waals surface area contributed by atoms with Crippen LogP contribution in [-0.4, -0.2) is 29.1 Å². The molecule has 3 aromatic carbocycles. The van der Waals surface area contributed by atoms with E-state index in [4.69, 9.17) is 16.3 Å². The zero-order valence-corrected chi connectivity index (χ0v) is 18.2. The summed E-state index contributed by atoms with van der Waals surface area (Å²) in [6, 6.07) is 12.8. The molecule has 176 valence electrons. The summed E-state index contributed by atoms with van der Waals surface area (Å²) in [6.07, 6.45) is -4.80. The number of carbonyl (C=O) groups is 1. The first kappa shape index (κ1) is 23.2. The third-order valence-electron chi connectivity index (χ3n) is 5.01. The number of rotatable bonds is 6. The van der Waals surface area contributed by atoms with E-state index in [1.54, 1.807) is 18.2 Å². The molecule has 0 aliphatic carbocycles. The highest BCUT2D eigenvalue weighted by atomic mass is 35.5. The monoisotopic (exact) mass is 492 g/mol. The van der Waals surface area contributed by atoms with E-state index in [9.17, 15) is 27.9 Å². The number of ether oxygens (including phenoxy) is 2. The number of alkyl halides is 3. The van der Waals surface area contributed by atoms with Gasteiger partial charge in [-0.15, -0.1) is 13.2 Å². The normalized spacial score (nSPS) is 11.6. The number of benzene rings is 3. The Morgan fingerprint density at radius 3 is 2.32 bits per heavy atom. The van der Waals surface area contributed by atoms with Crippen molar-refractivity contribution in [2.24, 2.45) is 0 Å². The second kappa shape index (κ2) is 8.79. The second-order valence-corrected chi connectivity index (χ2v) is 7.62. The number of anilines is 2. The summed E-state index contributed by atoms with van der Waals surface area (Å²) in [6.45, 7) is -0.475. The zero-order chi connectivity index (χ0) is 24.6. The molecule has 0 radical (unpaired) electrons. The molecular weight excluding hydrogens is 477 g/mol. The van der Waals surface area contributed by atoms with Gasteiger partial charge in [0, 0.05) is 16.8 Å². The Balaban J connectivity index is 1.84. The minimum atomic E-state index is -4.80. The maximum Gasteiger partial charge on any atom is 0.573 e. The molecule has 0 spiro atoms. The molecule has 11 heteroatoms. The van der Waals surface area contributed by atoms with E-state index in [0.717, 1.165) is 12.1 Å². The molecule has 0 fully saturated rings. The van der Waals surface area contributed by atoms with Gasteiger partial charge in [-0.3, -0.25) is 9.59 Å². The number of nitrogens with one attached hydrogen (secondary N) is 1. The lowest BCUT2D eigenvalue weighted by Crippen LogP contribution is -2.17. The van der Waals surface area contributed by atoms with Crippen molar-refractivity contribution in [2.45, 2.75) is 12.9 Å². The molecule has 2 N–H and O–H groups in total. The van der Waals surface area contributed by atoms with Crippen LogP contribution in [0.3, 0.4) is 0 Å². The van der Waals surface area contributed by atoms with Gasteiger partial charge in [0.2, 0.25) is 0 Å². The molecule has 0 unspecified atom stereocenters. The number of pyridine rings is 1. The van der Waals surface area contributed by atoms with Crippen LogP contribution in [0.4, 0.5) is 24.5 Å². The van der Waals surface area contributed by atoms with Crippen LogP contribution >= 0.6 is 11.6 Å². The number of carboxylic acids is 1. The minimum absolute atomic E-state index is 0.165. The first-order chi connectivity index (χ1) is 16.1. The first-order valence-electron chi connectivity index (χ1n) is 9.75. The standard InChI is InChI=1S/C23H16ClF3N2O5/c1-33-22-17(24)9-8-16-20(22)29(11-19(30)31)18-10-13(4-7-15(18)21(16)32)28-12-2-5-14(6-3-12)34-23(25,26)27/h2-10,28H,11H2,1H3,(H,30,31). The Morgan fingerprint density at radius 1 is 1.06 bits per heavy atom. The number of nitrogens with zero attached hydrogens (tertiary/aromatic N) is 1. The first-order valence-corrected chi connectivity index (χ1v) is 10.1. The maximum absolute atomic E-state index is 13.1. The van der Waals surface area contributed by atoms with Crippen LogP contribution in [0.2, 0.25) is 5.02 Å². The van der Waals surface area contributed by atoms with Crippen LogP contribution in [0.15, 0.2) is 59.4 Å². The van der Waals surface area contributed by atoms with Crippen LogP contribution in [-0.2, 0) is 11.3 Å². The van der Waals surface area contributed by atoms with Gasteiger partial charge in [-0.25, -0.2) is 0 Å². The van der Waals surface area contributed by atoms with E-state index in [-0.39, 0.29) is 38.2 Å². The van der Waals surface area contributed by atoms with Gasteiger partial charge in [0.15, 0.2) is 11.2 Å². The largest absolute Gasteiger partial charge is 0.573 e. The minimum Gasteiger partial charge on any atom is -0.493 e. The Kier molecular flexibility index (Phi) is 6.01. The number of aromatic nitrogens is 1. The van der Waals surface area contributed by atoms with Gasteiger partial charge in [-0.1, -0.05) is 11.6 Å². The molecule has 0 amide bonds. The number of carboxylic acid groups (broad SMARTS) is 1. The van der Waals surface area contributed by atoms with Crippen LogP contribution in [0.5, 0.6) is 11.5 Å². The fourth-order valence-corrected chi connectivity index (χ4v) is 3.92. The number of aliphatic carboxylic acids is 1. The Hall–Kier alpha value is -3.92. The summed E-state index contributed by atoms with van der Waals surface area (Å²) in [5, 5.41) is 13.3. The summed E-state index contributed by atoms with van der Waals surface area (Å²) in [5.74, 6) is -1.35. The highest BCUT2D eigenvalue weighted by Gasteiger charge is 2.31. The molecule has 4 rings (SSSR count). The maximum atomic E-state index is 13.1. The Morgan fingerprint density at radius 2 is 1.71 bits per heavy atom. The number of methoxy groups -OCH3 is 1. The average Bonchev–Trinajstić information content (AvgIpc) is 2.76. The van der Waals surface area contributed by atoms with Gasteiger partial charge in [-0.05, 0) is 54.6 Å². The molecule has 0 aliphatic heterocycles. The summed E-state index contributed by atoms with van der Waals surface area (Å²) in [5.41, 5.74) is 1.13. The van der Waals surface area contributed by atoms with E-state index in [1.165, 1.54) is 35.9 Å². The third-order valence-corrected chi connectivity index (χ3v) is 5.30. The van der Waals surface area contributed by atoms with Crippen molar-refractivity contribution in [3.63, 3.8) is 0 Å². The SMILES string of the molecule is COc1c(Cl)ccc2c(=O)c3ccc(Nc4ccc(OC(F)(F)F)cc4)cc3n(CC(=O)O)c12. The predicted molar refractivity (Wildman–Crippen MR) is 121 cm³/mol. The van der Waals surface area contributed by atoms with Crippen molar-refractivity contribution in [1.82, 2.24) is 4.57 Å². The number of fused-ring (bicyclic) bond motifs is 2. The van der Waals surface area contributed by atoms with Gasteiger partial charge < -0.3 is 24.5 Å². The Labute approximate surface area is 194 Å². The fraction of sp³-hybridized carbons (Fsp3) is 0.130. The second-order valence-electron chi connectivity index (χ2n) is 7.21. The average molecular weight is 493 g/mol. The van der Waals surface area contributed by atoms with E-state index in [1.807, 2.05) is 0 Å². The highest BCUT2D eigenvalue weighted by Crippen LogP contribution is 2.35. The van der Waals surface area contributed by atoms with E-state index < -0.39 is 18.9 Å². The molecule has 0 atom stereocenters. The van der Waals surface area contributed by atoms with E-state index in [2.05, 4.69) is 10.1 Å². The summed E-state index contributed by atoms with van der Waals surface area (Å²) >= 11 is 6.23. The fourth-order valence-electron chi connectivity index (χ4n) is 3.69. The Bertz CT molecular complexity index is 1470. The van der Waals surface area contributed by atoms with Crippen molar-refractivity contribution in [1.29, 1.82) is 0 Å². The molecule has 0 bridgehead atoms. The lowest BCUT2D eigenvalue weighted by Gasteiger charge is -2.18. The lowest BCUT2D eigenvalue weighted by molar-refractivity contribution is -0.274. The van der Waals surface area contributed by atoms with Gasteiger partial charge >= 0.3 is 12.3 Å². The van der Waals surface area contributed by atoms with Crippen molar-refractivity contribution in [2.75, 3.05) is 12.4 Å². The van der Waals surface area contributed by atoms with Gasteiger partial charge in [-0.2, -0.15) is 0 Å². The van der Waals surface area contributed by atoms with Crippen molar-refractivity contribution in [3.05, 3.63) is 69.8 Å². The van der Waals surface area contributed by atoms with Gasteiger partial charge in [0.05, 0.1) is 28.6 Å². The summed E-state index contributed by atoms with van der Waals surface area (Å²) in [4.78, 5) is 24.8. The van der Waals surface area contributed by atoms with Crippen LogP contribution in [0.25, 0.3) is 21.8 Å². The summed E-state index contributed by atoms with van der Waals surface area (Å²) < 4.78 is 47.7. The van der Waals surface area contributed by atoms with Gasteiger partial charge in [0.1, 0.15) is 12.3 Å². The molecule has 1 heterocycles. The smallest absolute Gasteiger partial charge is 0.493 e. The third kappa shape index (κ3) is 4.58. The molecule has 0 saturated carbocycles. The number of hydrogen-bond donors (Lipinski definition) is 2. The quantitative estimate of drug-likeness (QED) is 0.343. The molecule has 0 aliphatic rings. The molecule has 0 saturated heterocycles. The topological polar surface area (TPSA) is 89.8 Å². The van der Waals surface area contributed by atoms with Crippen molar-refractivity contribution in [3.8, 4) is 11.5 Å². The lowest BCUT2D eigenvalue weighted by atomic mass is 10.1. The number of halogens is 4. The predicted octanol–water partition coefficient (Wildman–Crippen LogP) is 5.54. The highest BCUT2D eigenvalue weighted by molar-refractivity contribution is 6.33. The molecular formula is C23H16ClF3N2O5. The van der Waals surface area contributed by atoms with Crippen molar-refractivity contribution < 1.29 is 32.5 Å². The summed E-state index contributed by atoms with van der Waals surface area (Å²) in [7, 11) is 1.37. The molecule has 34 heavy (non-hydrogen) atoms. The van der Waals surface area contributed by atoms with Crippen LogP contribution in [0.1, 0.15) is 0 Å². The molecule has 4 aromatic rings. The molecule has 1 aromatic heterocycles. The zero-order valence-electron chi connectivity index (χ0n) is 17.4. The molecule has 7 nitrogen and oxygen atoms in total. The van der Waals surface area contributed by atoms with E-state index >= 15 is 0 Å². The van der Waals surface area contributed by atoms with Crippen LogP contribution < -0.4 is 20.2 Å².